The number of aromatic carboxylic acids is 1. The zero-order chi connectivity index (χ0) is 16.4. The smallest absolute Gasteiger partial charge is 0.339 e. The third-order valence-electron chi connectivity index (χ3n) is 2.94. The molecule has 0 aliphatic rings. The molecule has 1 aromatic rings. The largest absolute Gasteiger partial charge is 0.478 e. The Morgan fingerprint density at radius 3 is 2.33 bits per heavy atom. The molecule has 0 radical (unpaired) electrons. The van der Waals surface area contributed by atoms with Crippen LogP contribution in [0, 0.1) is 6.92 Å². The highest BCUT2D eigenvalue weighted by Gasteiger charge is 2.20. The third kappa shape index (κ3) is 4.57. The number of likely N-dealkylation sites (N-methyl/N-ethyl adjacent to an activating group) is 2. The summed E-state index contributed by atoms with van der Waals surface area (Å²) >= 11 is 0. The van der Waals surface area contributed by atoms with Crippen LogP contribution in [0.15, 0.2) is 10.5 Å². The van der Waals surface area contributed by atoms with Crippen LogP contribution >= 0.6 is 0 Å². The van der Waals surface area contributed by atoms with E-state index in [9.17, 15) is 18.0 Å². The molecule has 0 unspecified atom stereocenters. The summed E-state index contributed by atoms with van der Waals surface area (Å²) in [7, 11) is -0.644. The van der Waals surface area contributed by atoms with E-state index < -0.39 is 21.9 Å². The van der Waals surface area contributed by atoms with Crippen molar-refractivity contribution in [2.75, 3.05) is 26.9 Å². The van der Waals surface area contributed by atoms with Gasteiger partial charge in [-0.25, -0.2) is 13.2 Å². The van der Waals surface area contributed by atoms with Crippen molar-refractivity contribution < 1.29 is 27.5 Å². The van der Waals surface area contributed by atoms with E-state index in [2.05, 4.69) is 0 Å². The van der Waals surface area contributed by atoms with Crippen molar-refractivity contribution in [3.63, 3.8) is 0 Å². The van der Waals surface area contributed by atoms with Crippen LogP contribution in [0.4, 0.5) is 0 Å². The fourth-order valence-electron chi connectivity index (χ4n) is 1.58. The summed E-state index contributed by atoms with van der Waals surface area (Å²) in [4.78, 5) is 24.1. The number of hydrogen-bond donors (Lipinski definition) is 1. The van der Waals surface area contributed by atoms with Gasteiger partial charge < -0.3 is 14.4 Å². The molecule has 0 saturated heterocycles. The van der Waals surface area contributed by atoms with Gasteiger partial charge in [-0.3, -0.25) is 4.79 Å². The lowest BCUT2D eigenvalue weighted by Gasteiger charge is -2.19. The molecule has 1 heterocycles. The van der Waals surface area contributed by atoms with E-state index in [-0.39, 0.29) is 24.4 Å². The Morgan fingerprint density at radius 2 is 1.90 bits per heavy atom. The van der Waals surface area contributed by atoms with E-state index in [1.807, 2.05) is 0 Å². The van der Waals surface area contributed by atoms with Crippen LogP contribution in [0.3, 0.4) is 0 Å². The molecule has 21 heavy (non-hydrogen) atoms. The first-order valence-electron chi connectivity index (χ1n) is 6.00. The van der Waals surface area contributed by atoms with Crippen LogP contribution in [0.2, 0.25) is 0 Å². The molecular weight excluding hydrogens is 300 g/mol. The van der Waals surface area contributed by atoms with Gasteiger partial charge >= 0.3 is 5.97 Å². The number of carbonyl (C=O) groups excluding carboxylic acids is 1. The van der Waals surface area contributed by atoms with E-state index >= 15 is 0 Å². The minimum absolute atomic E-state index is 0.0408. The van der Waals surface area contributed by atoms with Crippen molar-refractivity contribution >= 4 is 21.9 Å². The molecule has 1 amide bonds. The van der Waals surface area contributed by atoms with E-state index in [4.69, 9.17) is 9.52 Å². The summed E-state index contributed by atoms with van der Waals surface area (Å²) in [5, 5.41) is 8.92. The molecule has 0 fully saturated rings. The summed E-state index contributed by atoms with van der Waals surface area (Å²) in [6, 6.07) is 1.35. The summed E-state index contributed by atoms with van der Waals surface area (Å²) in [5.74, 6) is -0.948. The fraction of sp³-hybridized carbons (Fsp3) is 0.500. The minimum Gasteiger partial charge on any atom is -0.478 e. The maximum absolute atomic E-state index is 11.9. The summed E-state index contributed by atoms with van der Waals surface area (Å²) in [6.07, 6.45) is 1.01. The van der Waals surface area contributed by atoms with E-state index in [1.54, 1.807) is 0 Å². The maximum atomic E-state index is 11.9. The molecule has 8 nitrogen and oxygen atoms in total. The molecule has 0 saturated carbocycles. The molecule has 118 valence electrons. The van der Waals surface area contributed by atoms with Gasteiger partial charge in [-0.15, -0.1) is 0 Å². The molecule has 1 aromatic heterocycles. The quantitative estimate of drug-likeness (QED) is 0.799. The number of furan rings is 1. The minimum atomic E-state index is -3.43. The highest BCUT2D eigenvalue weighted by atomic mass is 32.2. The molecule has 0 atom stereocenters. The molecule has 1 rings (SSSR count). The monoisotopic (exact) mass is 318 g/mol. The Labute approximate surface area is 123 Å². The topological polar surface area (TPSA) is 108 Å². The van der Waals surface area contributed by atoms with Crippen LogP contribution < -0.4 is 0 Å². The number of carboxylic acid groups (broad SMARTS) is 1. The standard InChI is InChI=1S/C12H18N2O6S/c1-8-10(12(16)17)5-9(20-8)6-13(2)11(15)7-14(3)21(4,18)19/h5H,6-7H2,1-4H3,(H,16,17). The van der Waals surface area contributed by atoms with Crippen molar-refractivity contribution in [3.8, 4) is 0 Å². The molecule has 1 N–H and O–H groups in total. The Hall–Kier alpha value is -1.87. The maximum Gasteiger partial charge on any atom is 0.339 e. The van der Waals surface area contributed by atoms with Gasteiger partial charge in [0.1, 0.15) is 17.1 Å². The van der Waals surface area contributed by atoms with Crippen molar-refractivity contribution in [2.45, 2.75) is 13.5 Å². The van der Waals surface area contributed by atoms with Crippen molar-refractivity contribution in [1.82, 2.24) is 9.21 Å². The lowest BCUT2D eigenvalue weighted by molar-refractivity contribution is -0.130. The number of hydrogen-bond acceptors (Lipinski definition) is 5. The first-order valence-corrected chi connectivity index (χ1v) is 7.85. The second-order valence-corrected chi connectivity index (χ2v) is 6.85. The average molecular weight is 318 g/mol. The van der Waals surface area contributed by atoms with Gasteiger partial charge in [0.25, 0.3) is 0 Å². The van der Waals surface area contributed by atoms with Gasteiger partial charge in [-0.05, 0) is 13.0 Å². The number of aryl methyl sites for hydroxylation is 1. The average Bonchev–Trinajstić information content (AvgIpc) is 2.68. The van der Waals surface area contributed by atoms with E-state index in [1.165, 1.54) is 32.0 Å². The molecule has 0 aliphatic heterocycles. The molecular formula is C12H18N2O6S. The summed E-state index contributed by atoms with van der Waals surface area (Å²) in [5.41, 5.74) is 0.0408. The zero-order valence-electron chi connectivity index (χ0n) is 12.3. The first-order chi connectivity index (χ1) is 9.52. The lowest BCUT2D eigenvalue weighted by atomic mass is 10.2. The van der Waals surface area contributed by atoms with Crippen LogP contribution in [-0.4, -0.2) is 61.5 Å². The highest BCUT2D eigenvalue weighted by Crippen LogP contribution is 2.16. The normalized spacial score (nSPS) is 11.7. The SMILES string of the molecule is Cc1oc(CN(C)C(=O)CN(C)S(C)(=O)=O)cc1C(=O)O. The number of amides is 1. The van der Waals surface area contributed by atoms with Gasteiger partial charge in [-0.2, -0.15) is 4.31 Å². The van der Waals surface area contributed by atoms with E-state index in [0.29, 0.717) is 5.76 Å². The molecule has 0 aliphatic carbocycles. The third-order valence-corrected chi connectivity index (χ3v) is 4.20. The number of nitrogens with zero attached hydrogens (tertiary/aromatic N) is 2. The second-order valence-electron chi connectivity index (χ2n) is 4.76. The van der Waals surface area contributed by atoms with Crippen LogP contribution in [0.1, 0.15) is 21.9 Å². The number of sulfonamides is 1. The highest BCUT2D eigenvalue weighted by molar-refractivity contribution is 7.88. The first kappa shape index (κ1) is 17.2. The number of carbonyl (C=O) groups is 2. The van der Waals surface area contributed by atoms with Gasteiger partial charge in [0, 0.05) is 14.1 Å². The van der Waals surface area contributed by atoms with Gasteiger partial charge in [0.15, 0.2) is 0 Å². The van der Waals surface area contributed by atoms with Gasteiger partial charge in [0.2, 0.25) is 15.9 Å². The molecule has 0 aromatic carbocycles. The van der Waals surface area contributed by atoms with Crippen molar-refractivity contribution in [1.29, 1.82) is 0 Å². The van der Waals surface area contributed by atoms with E-state index in [0.717, 1.165) is 10.6 Å². The molecule has 0 spiro atoms. The molecule has 9 heteroatoms. The van der Waals surface area contributed by atoms with Gasteiger partial charge in [-0.1, -0.05) is 0 Å². The second kappa shape index (κ2) is 6.27. The number of rotatable bonds is 6. The van der Waals surface area contributed by atoms with Crippen LogP contribution in [-0.2, 0) is 21.4 Å². The predicted octanol–water partition coefficient (Wildman–Crippen LogP) is 0.136. The summed E-state index contributed by atoms with van der Waals surface area (Å²) in [6.45, 7) is 1.29. The Balaban J connectivity index is 2.73. The number of carboxylic acids is 1. The Kier molecular flexibility index (Phi) is 5.13. The van der Waals surface area contributed by atoms with Crippen LogP contribution in [0.25, 0.3) is 0 Å². The Morgan fingerprint density at radius 1 is 1.33 bits per heavy atom. The molecule has 0 bridgehead atoms. The van der Waals surface area contributed by atoms with Crippen LogP contribution in [0.5, 0.6) is 0 Å². The van der Waals surface area contributed by atoms with Crippen molar-refractivity contribution in [3.05, 3.63) is 23.2 Å². The zero-order valence-corrected chi connectivity index (χ0v) is 13.1. The summed E-state index contributed by atoms with van der Waals surface area (Å²) < 4.78 is 28.7. The predicted molar refractivity (Wildman–Crippen MR) is 74.4 cm³/mol. The van der Waals surface area contributed by atoms with Gasteiger partial charge in [0.05, 0.1) is 19.3 Å². The fourth-order valence-corrected chi connectivity index (χ4v) is 1.93. The van der Waals surface area contributed by atoms with Crippen molar-refractivity contribution in [2.24, 2.45) is 0 Å². The lowest BCUT2D eigenvalue weighted by Crippen LogP contribution is -2.38. The Bertz CT molecular complexity index is 649.